The molecule has 3 heterocycles. The first-order valence-electron chi connectivity index (χ1n) is 9.31. The Kier molecular flexibility index (Phi) is 5.87. The average molecular weight is 341 g/mol. The van der Waals surface area contributed by atoms with Crippen molar-refractivity contribution in [3.8, 4) is 6.07 Å². The quantitative estimate of drug-likeness (QED) is 0.834. The van der Waals surface area contributed by atoms with Crippen molar-refractivity contribution in [2.45, 2.75) is 26.2 Å². The Hall–Kier alpha value is -2.13. The molecule has 6 nitrogen and oxygen atoms in total. The van der Waals surface area contributed by atoms with E-state index in [0.717, 1.165) is 64.5 Å². The highest BCUT2D eigenvalue weighted by atomic mass is 16.2. The van der Waals surface area contributed by atoms with Crippen LogP contribution in [0.4, 0.5) is 5.82 Å². The predicted octanol–water partition coefficient (Wildman–Crippen LogP) is 1.72. The number of amides is 1. The molecule has 0 unspecified atom stereocenters. The minimum absolute atomic E-state index is 0.325. The van der Waals surface area contributed by atoms with Gasteiger partial charge in [-0.2, -0.15) is 5.26 Å². The van der Waals surface area contributed by atoms with Gasteiger partial charge in [-0.05, 0) is 37.4 Å². The Balaban J connectivity index is 1.44. The van der Waals surface area contributed by atoms with Gasteiger partial charge in [0, 0.05) is 51.9 Å². The lowest BCUT2D eigenvalue weighted by Crippen LogP contribution is -2.49. The maximum absolute atomic E-state index is 12.5. The van der Waals surface area contributed by atoms with E-state index in [1.807, 2.05) is 17.0 Å². The zero-order valence-corrected chi connectivity index (χ0v) is 15.0. The van der Waals surface area contributed by atoms with Gasteiger partial charge in [0.2, 0.25) is 5.91 Å². The van der Waals surface area contributed by atoms with Crippen LogP contribution in [0.1, 0.15) is 31.7 Å². The van der Waals surface area contributed by atoms with Gasteiger partial charge in [-0.3, -0.25) is 4.79 Å². The summed E-state index contributed by atoms with van der Waals surface area (Å²) >= 11 is 0. The first-order chi connectivity index (χ1) is 12.2. The molecule has 1 amide bonds. The van der Waals surface area contributed by atoms with Crippen molar-refractivity contribution in [3.05, 3.63) is 23.9 Å². The van der Waals surface area contributed by atoms with Gasteiger partial charge in [0.25, 0.3) is 0 Å². The monoisotopic (exact) mass is 341 g/mol. The highest BCUT2D eigenvalue weighted by Gasteiger charge is 2.26. The molecule has 0 atom stereocenters. The number of aromatic nitrogens is 1. The van der Waals surface area contributed by atoms with Crippen molar-refractivity contribution in [2.75, 3.05) is 50.7 Å². The summed E-state index contributed by atoms with van der Waals surface area (Å²) in [5, 5.41) is 8.85. The molecular formula is C19H27N5O. The number of piperidine rings is 1. The summed E-state index contributed by atoms with van der Waals surface area (Å²) in [6, 6.07) is 5.82. The Labute approximate surface area is 150 Å². The third kappa shape index (κ3) is 4.49. The number of anilines is 1. The highest BCUT2D eigenvalue weighted by molar-refractivity contribution is 5.76. The van der Waals surface area contributed by atoms with Crippen LogP contribution >= 0.6 is 0 Å². The van der Waals surface area contributed by atoms with E-state index < -0.39 is 0 Å². The van der Waals surface area contributed by atoms with Crippen LogP contribution in [0.3, 0.4) is 0 Å². The fourth-order valence-electron chi connectivity index (χ4n) is 3.69. The fourth-order valence-corrected chi connectivity index (χ4v) is 3.69. The molecule has 1 aromatic rings. The zero-order chi connectivity index (χ0) is 17.6. The third-order valence-corrected chi connectivity index (χ3v) is 5.45. The van der Waals surface area contributed by atoms with Crippen molar-refractivity contribution < 1.29 is 4.79 Å². The van der Waals surface area contributed by atoms with Gasteiger partial charge in [-0.25, -0.2) is 4.98 Å². The molecule has 1 aromatic heterocycles. The smallest absolute Gasteiger partial charge is 0.222 e. The Morgan fingerprint density at radius 3 is 2.48 bits per heavy atom. The van der Waals surface area contributed by atoms with E-state index in [-0.39, 0.29) is 0 Å². The SMILES string of the molecule is CCN1CCN(C(=O)CC2CCN(c3ccc(C#N)cn3)CC2)CC1. The van der Waals surface area contributed by atoms with Crippen LogP contribution in [0.2, 0.25) is 0 Å². The van der Waals surface area contributed by atoms with Gasteiger partial charge in [0.15, 0.2) is 0 Å². The lowest BCUT2D eigenvalue weighted by atomic mass is 9.93. The number of rotatable bonds is 4. The minimum atomic E-state index is 0.325. The standard InChI is InChI=1S/C19H27N5O/c1-2-22-9-11-24(12-10-22)19(25)13-16-5-7-23(8-6-16)18-4-3-17(14-20)15-21-18/h3-4,15-16H,2,5-13H2,1H3. The van der Waals surface area contributed by atoms with E-state index >= 15 is 0 Å². The van der Waals surface area contributed by atoms with Crippen molar-refractivity contribution >= 4 is 11.7 Å². The van der Waals surface area contributed by atoms with Gasteiger partial charge >= 0.3 is 0 Å². The van der Waals surface area contributed by atoms with Crippen molar-refractivity contribution in [1.82, 2.24) is 14.8 Å². The summed E-state index contributed by atoms with van der Waals surface area (Å²) in [6.07, 6.45) is 4.37. The van der Waals surface area contributed by atoms with E-state index in [0.29, 0.717) is 23.8 Å². The molecule has 0 N–H and O–H groups in total. The van der Waals surface area contributed by atoms with Crippen LogP contribution in [-0.2, 0) is 4.79 Å². The number of nitriles is 1. The number of nitrogens with zero attached hydrogens (tertiary/aromatic N) is 5. The Morgan fingerprint density at radius 2 is 1.92 bits per heavy atom. The largest absolute Gasteiger partial charge is 0.357 e. The van der Waals surface area contributed by atoms with Crippen molar-refractivity contribution in [3.63, 3.8) is 0 Å². The second kappa shape index (κ2) is 8.30. The van der Waals surface area contributed by atoms with Gasteiger partial charge in [0.05, 0.1) is 5.56 Å². The molecule has 0 spiro atoms. The average Bonchev–Trinajstić information content (AvgIpc) is 2.68. The predicted molar refractivity (Wildman–Crippen MR) is 97.2 cm³/mol. The molecule has 0 aromatic carbocycles. The lowest BCUT2D eigenvalue weighted by molar-refractivity contribution is -0.134. The summed E-state index contributed by atoms with van der Waals surface area (Å²) in [4.78, 5) is 23.6. The number of carbonyl (C=O) groups is 1. The van der Waals surface area contributed by atoms with E-state index in [9.17, 15) is 4.79 Å². The van der Waals surface area contributed by atoms with E-state index in [2.05, 4.69) is 27.8 Å². The van der Waals surface area contributed by atoms with Crippen LogP contribution in [0.15, 0.2) is 18.3 Å². The number of hydrogen-bond donors (Lipinski definition) is 0. The van der Waals surface area contributed by atoms with Crippen LogP contribution < -0.4 is 4.90 Å². The molecule has 2 aliphatic rings. The van der Waals surface area contributed by atoms with Gasteiger partial charge < -0.3 is 14.7 Å². The molecule has 3 rings (SSSR count). The molecule has 6 heteroatoms. The first-order valence-corrected chi connectivity index (χ1v) is 9.31. The zero-order valence-electron chi connectivity index (χ0n) is 15.0. The molecule has 134 valence electrons. The number of carbonyl (C=O) groups excluding carboxylic acids is 1. The molecule has 25 heavy (non-hydrogen) atoms. The maximum Gasteiger partial charge on any atom is 0.222 e. The topological polar surface area (TPSA) is 63.5 Å². The number of likely N-dealkylation sites (N-methyl/N-ethyl adjacent to an activating group) is 1. The number of pyridine rings is 1. The molecular weight excluding hydrogens is 314 g/mol. The molecule has 0 saturated carbocycles. The molecule has 2 aliphatic heterocycles. The van der Waals surface area contributed by atoms with Crippen LogP contribution in [0.25, 0.3) is 0 Å². The van der Waals surface area contributed by atoms with Crippen molar-refractivity contribution in [1.29, 1.82) is 5.26 Å². The highest BCUT2D eigenvalue weighted by Crippen LogP contribution is 2.25. The first kappa shape index (κ1) is 17.7. The summed E-state index contributed by atoms with van der Waals surface area (Å²) in [5.41, 5.74) is 0.590. The van der Waals surface area contributed by atoms with Crippen LogP contribution in [-0.4, -0.2) is 66.5 Å². The molecule has 2 saturated heterocycles. The van der Waals surface area contributed by atoms with Gasteiger partial charge in [-0.1, -0.05) is 6.92 Å². The molecule has 0 radical (unpaired) electrons. The molecule has 2 fully saturated rings. The van der Waals surface area contributed by atoms with Crippen LogP contribution in [0, 0.1) is 17.2 Å². The second-order valence-electron chi connectivity index (χ2n) is 6.97. The second-order valence-corrected chi connectivity index (χ2v) is 6.97. The van der Waals surface area contributed by atoms with E-state index in [1.54, 1.807) is 6.20 Å². The lowest BCUT2D eigenvalue weighted by Gasteiger charge is -2.36. The summed E-state index contributed by atoms with van der Waals surface area (Å²) < 4.78 is 0. The van der Waals surface area contributed by atoms with Crippen LogP contribution in [0.5, 0.6) is 0 Å². The maximum atomic E-state index is 12.5. The van der Waals surface area contributed by atoms with Gasteiger partial charge in [0.1, 0.15) is 11.9 Å². The Morgan fingerprint density at radius 1 is 1.20 bits per heavy atom. The summed E-state index contributed by atoms with van der Waals surface area (Å²) in [5.74, 6) is 1.73. The Bertz CT molecular complexity index is 608. The fraction of sp³-hybridized carbons (Fsp3) is 0.632. The molecule has 0 aliphatic carbocycles. The van der Waals surface area contributed by atoms with E-state index in [4.69, 9.17) is 5.26 Å². The summed E-state index contributed by atoms with van der Waals surface area (Å²) in [7, 11) is 0. The van der Waals surface area contributed by atoms with Gasteiger partial charge in [-0.15, -0.1) is 0 Å². The van der Waals surface area contributed by atoms with Crippen molar-refractivity contribution in [2.24, 2.45) is 5.92 Å². The third-order valence-electron chi connectivity index (χ3n) is 5.45. The molecule has 0 bridgehead atoms. The normalized spacial score (nSPS) is 19.7. The number of hydrogen-bond acceptors (Lipinski definition) is 5. The summed E-state index contributed by atoms with van der Waals surface area (Å²) in [6.45, 7) is 8.87. The number of piperazine rings is 1. The van der Waals surface area contributed by atoms with E-state index in [1.165, 1.54) is 0 Å². The minimum Gasteiger partial charge on any atom is -0.357 e.